The standard InChI is InChI=1S/C13H16FN5O2S/c1-18-15-8-13(16-18)22(20,21)17-10-6-7-19(9-10)12-5-3-2-4-11(12)14/h2-5,8,10,17H,6-7,9H2,1H3. The summed E-state index contributed by atoms with van der Waals surface area (Å²) in [5, 5.41) is 7.44. The molecule has 3 rings (SSSR count). The van der Waals surface area contributed by atoms with Gasteiger partial charge in [0.2, 0.25) is 5.03 Å². The number of benzene rings is 1. The second-order valence-electron chi connectivity index (χ2n) is 5.18. The van der Waals surface area contributed by atoms with Gasteiger partial charge in [-0.3, -0.25) is 0 Å². The molecule has 22 heavy (non-hydrogen) atoms. The van der Waals surface area contributed by atoms with Crippen molar-refractivity contribution in [2.24, 2.45) is 7.05 Å². The molecule has 1 aromatic carbocycles. The quantitative estimate of drug-likeness (QED) is 0.886. The Morgan fingerprint density at radius 1 is 1.36 bits per heavy atom. The molecule has 7 nitrogen and oxygen atoms in total. The smallest absolute Gasteiger partial charge is 0.261 e. The lowest BCUT2D eigenvalue weighted by molar-refractivity contribution is 0.552. The van der Waals surface area contributed by atoms with E-state index >= 15 is 0 Å². The lowest BCUT2D eigenvalue weighted by Gasteiger charge is -2.19. The first-order valence-electron chi connectivity index (χ1n) is 6.84. The van der Waals surface area contributed by atoms with Gasteiger partial charge >= 0.3 is 0 Å². The zero-order chi connectivity index (χ0) is 15.7. The third-order valence-electron chi connectivity index (χ3n) is 3.56. The van der Waals surface area contributed by atoms with Crippen LogP contribution in [0, 0.1) is 5.82 Å². The fourth-order valence-corrected chi connectivity index (χ4v) is 3.68. The van der Waals surface area contributed by atoms with E-state index in [-0.39, 0.29) is 16.9 Å². The van der Waals surface area contributed by atoms with Crippen molar-refractivity contribution in [2.45, 2.75) is 17.5 Å². The Balaban J connectivity index is 1.70. The zero-order valence-electron chi connectivity index (χ0n) is 12.0. The summed E-state index contributed by atoms with van der Waals surface area (Å²) in [6, 6.07) is 6.19. The molecule has 2 heterocycles. The van der Waals surface area contributed by atoms with Gasteiger partial charge in [0.05, 0.1) is 11.9 Å². The number of sulfonamides is 1. The van der Waals surface area contributed by atoms with E-state index in [0.717, 1.165) is 0 Å². The van der Waals surface area contributed by atoms with E-state index in [1.807, 2.05) is 4.90 Å². The summed E-state index contributed by atoms with van der Waals surface area (Å²) in [5.41, 5.74) is 0.490. The van der Waals surface area contributed by atoms with Crippen molar-refractivity contribution in [1.82, 2.24) is 19.7 Å². The number of anilines is 1. The van der Waals surface area contributed by atoms with Crippen LogP contribution in [0.1, 0.15) is 6.42 Å². The van der Waals surface area contributed by atoms with E-state index in [2.05, 4.69) is 14.9 Å². The molecule has 0 spiro atoms. The maximum atomic E-state index is 13.8. The van der Waals surface area contributed by atoms with E-state index in [4.69, 9.17) is 0 Å². The summed E-state index contributed by atoms with van der Waals surface area (Å²) >= 11 is 0. The molecular formula is C13H16FN5O2S. The molecule has 0 aliphatic carbocycles. The van der Waals surface area contributed by atoms with Crippen LogP contribution in [0.15, 0.2) is 35.5 Å². The summed E-state index contributed by atoms with van der Waals surface area (Å²) in [6.45, 7) is 1.01. The first-order valence-corrected chi connectivity index (χ1v) is 8.32. The van der Waals surface area contributed by atoms with Gasteiger partial charge in [0.1, 0.15) is 5.82 Å². The highest BCUT2D eigenvalue weighted by Gasteiger charge is 2.29. The monoisotopic (exact) mass is 325 g/mol. The molecule has 0 bridgehead atoms. The number of halogens is 1. The van der Waals surface area contributed by atoms with E-state index in [1.165, 1.54) is 17.1 Å². The number of nitrogens with one attached hydrogen (secondary N) is 1. The third kappa shape index (κ3) is 2.95. The van der Waals surface area contributed by atoms with Gasteiger partial charge < -0.3 is 4.90 Å². The average Bonchev–Trinajstić information content (AvgIpc) is 3.08. The Morgan fingerprint density at radius 2 is 2.14 bits per heavy atom. The second-order valence-corrected chi connectivity index (χ2v) is 6.84. The number of aromatic nitrogens is 3. The second kappa shape index (κ2) is 5.65. The number of nitrogens with zero attached hydrogens (tertiary/aromatic N) is 4. The first kappa shape index (κ1) is 14.9. The van der Waals surface area contributed by atoms with Crippen molar-refractivity contribution in [3.8, 4) is 0 Å². The third-order valence-corrected chi connectivity index (χ3v) is 4.94. The lowest BCUT2D eigenvalue weighted by atomic mass is 10.3. The van der Waals surface area contributed by atoms with Crippen LogP contribution < -0.4 is 9.62 Å². The minimum absolute atomic E-state index is 0.112. The molecular weight excluding hydrogens is 309 g/mol. The maximum absolute atomic E-state index is 13.8. The van der Waals surface area contributed by atoms with Gasteiger partial charge in [0.15, 0.2) is 0 Å². The number of hydrogen-bond donors (Lipinski definition) is 1. The molecule has 1 aliphatic rings. The highest BCUT2D eigenvalue weighted by Crippen LogP contribution is 2.23. The van der Waals surface area contributed by atoms with Gasteiger partial charge in [0.25, 0.3) is 10.0 Å². The largest absolute Gasteiger partial charge is 0.368 e. The molecule has 1 N–H and O–H groups in total. The van der Waals surface area contributed by atoms with E-state index in [9.17, 15) is 12.8 Å². The van der Waals surface area contributed by atoms with Crippen LogP contribution in [0.4, 0.5) is 10.1 Å². The summed E-state index contributed by atoms with van der Waals surface area (Å²) in [5.74, 6) is -0.306. The number of hydrogen-bond acceptors (Lipinski definition) is 5. The Bertz CT molecular complexity index is 776. The normalized spacial score (nSPS) is 18.8. The van der Waals surface area contributed by atoms with Crippen LogP contribution in [0.2, 0.25) is 0 Å². The average molecular weight is 325 g/mol. The number of para-hydroxylation sites is 1. The van der Waals surface area contributed by atoms with E-state index < -0.39 is 10.0 Å². The summed E-state index contributed by atoms with van der Waals surface area (Å²) in [4.78, 5) is 3.02. The highest BCUT2D eigenvalue weighted by atomic mass is 32.2. The number of aryl methyl sites for hydroxylation is 1. The van der Waals surface area contributed by atoms with Crippen LogP contribution in [-0.2, 0) is 17.1 Å². The van der Waals surface area contributed by atoms with E-state index in [0.29, 0.717) is 25.2 Å². The van der Waals surface area contributed by atoms with Gasteiger partial charge in [0, 0.05) is 26.2 Å². The van der Waals surface area contributed by atoms with Crippen molar-refractivity contribution in [3.63, 3.8) is 0 Å². The summed E-state index contributed by atoms with van der Waals surface area (Å²) in [6.07, 6.45) is 1.81. The predicted molar refractivity (Wildman–Crippen MR) is 78.3 cm³/mol. The molecule has 0 radical (unpaired) electrons. The van der Waals surface area contributed by atoms with Gasteiger partial charge in [-0.15, -0.1) is 5.10 Å². The van der Waals surface area contributed by atoms with Gasteiger partial charge in [-0.25, -0.2) is 17.5 Å². The van der Waals surface area contributed by atoms with Crippen molar-refractivity contribution in [3.05, 3.63) is 36.3 Å². The zero-order valence-corrected chi connectivity index (χ0v) is 12.8. The minimum Gasteiger partial charge on any atom is -0.368 e. The molecule has 0 saturated carbocycles. The fourth-order valence-electron chi connectivity index (χ4n) is 2.51. The molecule has 1 fully saturated rings. The van der Waals surface area contributed by atoms with Crippen molar-refractivity contribution in [1.29, 1.82) is 0 Å². The SMILES string of the molecule is Cn1ncc(S(=O)(=O)NC2CCN(c3ccccc3F)C2)n1. The molecule has 1 atom stereocenters. The Labute approximate surface area is 127 Å². The van der Waals surface area contributed by atoms with E-state index in [1.54, 1.807) is 25.2 Å². The van der Waals surface area contributed by atoms with Crippen molar-refractivity contribution < 1.29 is 12.8 Å². The Hall–Kier alpha value is -2.00. The molecule has 1 aromatic heterocycles. The first-order chi connectivity index (χ1) is 10.5. The van der Waals surface area contributed by atoms with Gasteiger partial charge in [-0.05, 0) is 18.6 Å². The molecule has 2 aromatic rings. The van der Waals surface area contributed by atoms with Gasteiger partial charge in [-0.2, -0.15) is 9.90 Å². The van der Waals surface area contributed by atoms with Gasteiger partial charge in [-0.1, -0.05) is 12.1 Å². The fraction of sp³-hybridized carbons (Fsp3) is 0.385. The Morgan fingerprint density at radius 3 is 2.82 bits per heavy atom. The van der Waals surface area contributed by atoms with Crippen LogP contribution in [0.25, 0.3) is 0 Å². The van der Waals surface area contributed by atoms with Crippen molar-refractivity contribution >= 4 is 15.7 Å². The topological polar surface area (TPSA) is 80.1 Å². The van der Waals surface area contributed by atoms with Crippen LogP contribution in [0.5, 0.6) is 0 Å². The molecule has 1 aliphatic heterocycles. The summed E-state index contributed by atoms with van der Waals surface area (Å²) in [7, 11) is -2.15. The molecule has 118 valence electrons. The lowest BCUT2D eigenvalue weighted by Crippen LogP contribution is -2.37. The predicted octanol–water partition coefficient (Wildman–Crippen LogP) is 0.511. The summed E-state index contributed by atoms with van der Waals surface area (Å²) < 4.78 is 40.8. The molecule has 9 heteroatoms. The highest BCUT2D eigenvalue weighted by molar-refractivity contribution is 7.89. The van der Waals surface area contributed by atoms with Crippen molar-refractivity contribution in [2.75, 3.05) is 18.0 Å². The Kier molecular flexibility index (Phi) is 3.83. The molecule has 1 saturated heterocycles. The molecule has 0 amide bonds. The van der Waals surface area contributed by atoms with Crippen LogP contribution in [0.3, 0.4) is 0 Å². The molecule has 1 unspecified atom stereocenters. The maximum Gasteiger partial charge on any atom is 0.261 e. The van der Waals surface area contributed by atoms with Crippen LogP contribution in [-0.4, -0.2) is 42.5 Å². The number of rotatable bonds is 4. The minimum atomic E-state index is -3.70. The van der Waals surface area contributed by atoms with Crippen LogP contribution >= 0.6 is 0 Å².